The van der Waals surface area contributed by atoms with Crippen molar-refractivity contribution in [2.75, 3.05) is 0 Å². The predicted molar refractivity (Wildman–Crippen MR) is 34.1 cm³/mol. The number of unbranched alkanes of at least 4 members (excludes halogenated alkanes) is 1. The second-order valence-electron chi connectivity index (χ2n) is 2.05. The summed E-state index contributed by atoms with van der Waals surface area (Å²) in [7, 11) is -4.69. The largest absolute Gasteiger partial charge is 1.00 e. The smallest absolute Gasteiger partial charge is 0.746 e. The van der Waals surface area contributed by atoms with Crippen LogP contribution in [-0.4, -0.2) is 18.5 Å². The Morgan fingerprint density at radius 1 is 1.55 bits per heavy atom. The van der Waals surface area contributed by atoms with E-state index in [1.807, 2.05) is 0 Å². The van der Waals surface area contributed by atoms with Gasteiger partial charge < -0.3 is 4.55 Å². The Balaban J connectivity index is 0. The van der Waals surface area contributed by atoms with Crippen molar-refractivity contribution in [1.29, 1.82) is 0 Å². The first-order valence-electron chi connectivity index (χ1n) is 3.07. The van der Waals surface area contributed by atoms with E-state index < -0.39 is 15.6 Å². The fraction of sp³-hybridized carbons (Fsp3) is 1.00. The maximum atomic E-state index is 12.2. The molecule has 11 heavy (non-hydrogen) atoms. The normalized spacial score (nSPS) is 13.7. The second-order valence-corrected chi connectivity index (χ2v) is 3.54. The summed E-state index contributed by atoms with van der Waals surface area (Å²) >= 11 is 0. The maximum Gasteiger partial charge on any atom is 1.00 e. The van der Waals surface area contributed by atoms with Gasteiger partial charge in [-0.2, -0.15) is 0 Å². The van der Waals surface area contributed by atoms with Crippen molar-refractivity contribution >= 4 is 10.1 Å². The summed E-state index contributed by atoms with van der Waals surface area (Å²) in [6.45, 7) is 1.80. The van der Waals surface area contributed by atoms with Crippen LogP contribution in [0.2, 0.25) is 0 Å². The van der Waals surface area contributed by atoms with E-state index in [2.05, 4.69) is 0 Å². The van der Waals surface area contributed by atoms with E-state index >= 15 is 0 Å². The molecule has 0 saturated carbocycles. The molecule has 0 spiro atoms. The quantitative estimate of drug-likeness (QED) is 0.368. The first kappa shape index (κ1) is 14.0. The molecule has 3 nitrogen and oxygen atoms in total. The Morgan fingerprint density at radius 3 is 2.27 bits per heavy atom. The molecule has 0 aliphatic heterocycles. The Hall–Kier alpha value is 0.437. The summed E-state index contributed by atoms with van der Waals surface area (Å²) < 4.78 is 41.9. The minimum atomic E-state index is -4.69. The molecule has 0 rings (SSSR count). The van der Waals surface area contributed by atoms with Gasteiger partial charge in [0, 0.05) is 0 Å². The van der Waals surface area contributed by atoms with Gasteiger partial charge in [0.1, 0.15) is 10.1 Å². The van der Waals surface area contributed by atoms with Gasteiger partial charge in [-0.3, -0.25) is 0 Å². The van der Waals surface area contributed by atoms with Crippen LogP contribution in [0.5, 0.6) is 0 Å². The van der Waals surface area contributed by atoms with Crippen LogP contribution in [0.1, 0.15) is 26.2 Å². The molecule has 0 amide bonds. The molecule has 0 N–H and O–H groups in total. The van der Waals surface area contributed by atoms with E-state index in [1.54, 1.807) is 6.92 Å². The van der Waals surface area contributed by atoms with Gasteiger partial charge in [-0.15, -0.1) is 0 Å². The van der Waals surface area contributed by atoms with Gasteiger partial charge in [0.25, 0.3) is 0 Å². The van der Waals surface area contributed by atoms with Crippen molar-refractivity contribution in [3.63, 3.8) is 0 Å². The van der Waals surface area contributed by atoms with Crippen LogP contribution >= 0.6 is 0 Å². The van der Waals surface area contributed by atoms with Gasteiger partial charge in [0.05, 0.1) is 0 Å². The Bertz CT molecular complexity index is 180. The molecule has 0 heterocycles. The molecule has 0 fully saturated rings. The Labute approximate surface area is 78.3 Å². The molecule has 62 valence electrons. The van der Waals surface area contributed by atoms with Crippen molar-refractivity contribution in [3.8, 4) is 0 Å². The van der Waals surface area contributed by atoms with E-state index in [4.69, 9.17) is 0 Å². The molecule has 6 heteroatoms. The molecule has 1 atom stereocenters. The summed E-state index contributed by atoms with van der Waals surface area (Å²) in [5.41, 5.74) is -2.22. The van der Waals surface area contributed by atoms with Gasteiger partial charge in [-0.25, -0.2) is 12.8 Å². The zero-order valence-electron chi connectivity index (χ0n) is 6.71. The standard InChI is InChI=1S/C5H11FO3S.Li/c1-2-3-4-5(6)10(7,8)9;/h5H,2-4H2,1H3,(H,7,8,9);/q;+1/p-1. The minimum absolute atomic E-state index is 0. The average Bonchev–Trinajstić information content (AvgIpc) is 1.80. The average molecular weight is 176 g/mol. The molecule has 1 unspecified atom stereocenters. The minimum Gasteiger partial charge on any atom is -0.746 e. The fourth-order valence-electron chi connectivity index (χ4n) is 0.509. The SMILES string of the molecule is CCCCC(F)S(=O)(=O)[O-].[Li+]. The van der Waals surface area contributed by atoms with Crippen LogP contribution in [0.15, 0.2) is 0 Å². The van der Waals surface area contributed by atoms with Crippen LogP contribution in [0.3, 0.4) is 0 Å². The fourth-order valence-corrected chi connectivity index (χ4v) is 0.964. The zero-order chi connectivity index (χ0) is 8.20. The zero-order valence-corrected chi connectivity index (χ0v) is 7.53. The van der Waals surface area contributed by atoms with Gasteiger partial charge in [-0.1, -0.05) is 13.3 Å². The number of alkyl halides is 1. The van der Waals surface area contributed by atoms with Crippen molar-refractivity contribution in [2.45, 2.75) is 31.7 Å². The van der Waals surface area contributed by atoms with Gasteiger partial charge in [0.15, 0.2) is 5.50 Å². The third-order valence-corrected chi connectivity index (χ3v) is 1.96. The van der Waals surface area contributed by atoms with Crippen molar-refractivity contribution in [3.05, 3.63) is 0 Å². The molecular formula is C5H10FLiO3S. The number of hydrogen-bond donors (Lipinski definition) is 0. The number of hydrogen-bond acceptors (Lipinski definition) is 3. The summed E-state index contributed by atoms with van der Waals surface area (Å²) in [4.78, 5) is 0. The second kappa shape index (κ2) is 6.01. The van der Waals surface area contributed by atoms with Crippen LogP contribution in [-0.2, 0) is 10.1 Å². The first-order valence-corrected chi connectivity index (χ1v) is 4.54. The number of rotatable bonds is 4. The van der Waals surface area contributed by atoms with Crippen LogP contribution < -0.4 is 18.9 Å². The van der Waals surface area contributed by atoms with Crippen molar-refractivity contribution in [2.24, 2.45) is 0 Å². The molecule has 0 aromatic rings. The molecule has 0 aliphatic rings. The molecule has 0 aliphatic carbocycles. The Morgan fingerprint density at radius 2 is 2.00 bits per heavy atom. The molecule has 0 aromatic heterocycles. The van der Waals surface area contributed by atoms with Gasteiger partial charge in [0.2, 0.25) is 0 Å². The third-order valence-electron chi connectivity index (χ3n) is 1.10. The molecular weight excluding hydrogens is 166 g/mol. The summed E-state index contributed by atoms with van der Waals surface area (Å²) in [5, 5.41) is 0. The predicted octanol–water partition coefficient (Wildman–Crippen LogP) is -1.98. The summed E-state index contributed by atoms with van der Waals surface area (Å²) in [6.07, 6.45) is 0.945. The van der Waals surface area contributed by atoms with Crippen LogP contribution in [0.4, 0.5) is 4.39 Å². The maximum absolute atomic E-state index is 12.2. The molecule has 0 aromatic carbocycles. The van der Waals surface area contributed by atoms with E-state index in [0.717, 1.165) is 0 Å². The third kappa shape index (κ3) is 6.82. The van der Waals surface area contributed by atoms with Crippen molar-refractivity contribution < 1.29 is 36.2 Å². The van der Waals surface area contributed by atoms with Gasteiger partial charge in [-0.05, 0) is 12.8 Å². The number of halogens is 1. The Kier molecular flexibility index (Phi) is 7.64. The molecule has 0 bridgehead atoms. The molecule has 0 radical (unpaired) electrons. The topological polar surface area (TPSA) is 57.2 Å². The van der Waals surface area contributed by atoms with Gasteiger partial charge >= 0.3 is 18.9 Å². The monoisotopic (exact) mass is 176 g/mol. The van der Waals surface area contributed by atoms with E-state index in [1.165, 1.54) is 0 Å². The van der Waals surface area contributed by atoms with Crippen molar-refractivity contribution in [1.82, 2.24) is 0 Å². The van der Waals surface area contributed by atoms with Crippen LogP contribution in [0.25, 0.3) is 0 Å². The molecule has 0 saturated heterocycles. The summed E-state index contributed by atoms with van der Waals surface area (Å²) in [6, 6.07) is 0. The summed E-state index contributed by atoms with van der Waals surface area (Å²) in [5.74, 6) is 0. The van der Waals surface area contributed by atoms with E-state index in [-0.39, 0.29) is 25.3 Å². The van der Waals surface area contributed by atoms with E-state index in [0.29, 0.717) is 12.8 Å². The first-order chi connectivity index (χ1) is 4.48. The van der Waals surface area contributed by atoms with Crippen LogP contribution in [0, 0.1) is 0 Å². The van der Waals surface area contributed by atoms with E-state index in [9.17, 15) is 17.4 Å².